The Bertz CT molecular complexity index is 394. The van der Waals surface area contributed by atoms with Gasteiger partial charge in [0, 0.05) is 28.6 Å². The van der Waals surface area contributed by atoms with Crippen LogP contribution in [-0.4, -0.2) is 42.2 Å². The fourth-order valence-electron chi connectivity index (χ4n) is 2.51. The van der Waals surface area contributed by atoms with Gasteiger partial charge in [-0.2, -0.15) is 23.5 Å². The molecule has 2 unspecified atom stereocenters. The van der Waals surface area contributed by atoms with Crippen LogP contribution in [0.15, 0.2) is 24.3 Å². The number of thioether (sulfide) groups is 2. The van der Waals surface area contributed by atoms with Gasteiger partial charge >= 0.3 is 0 Å². The molecule has 2 rings (SSSR count). The first kappa shape index (κ1) is 16.1. The van der Waals surface area contributed by atoms with Gasteiger partial charge in [0.1, 0.15) is 5.75 Å². The van der Waals surface area contributed by atoms with E-state index >= 15 is 0 Å². The zero-order valence-electron chi connectivity index (χ0n) is 12.4. The molecule has 0 saturated carbocycles. The molecule has 0 aliphatic carbocycles. The summed E-state index contributed by atoms with van der Waals surface area (Å²) in [5.41, 5.74) is 1.32. The Labute approximate surface area is 131 Å². The van der Waals surface area contributed by atoms with Crippen molar-refractivity contribution in [3.8, 4) is 5.75 Å². The second-order valence-electron chi connectivity index (χ2n) is 5.06. The minimum Gasteiger partial charge on any atom is -0.496 e. The minimum atomic E-state index is 0.545. The van der Waals surface area contributed by atoms with Gasteiger partial charge in [0.15, 0.2) is 0 Å². The summed E-state index contributed by atoms with van der Waals surface area (Å²) in [5.74, 6) is 4.87. The van der Waals surface area contributed by atoms with Gasteiger partial charge < -0.3 is 10.1 Å². The van der Waals surface area contributed by atoms with Crippen LogP contribution in [0.2, 0.25) is 0 Å². The third-order valence-corrected chi connectivity index (χ3v) is 6.50. The summed E-state index contributed by atoms with van der Waals surface area (Å²) < 4.78 is 5.50. The molecule has 112 valence electrons. The van der Waals surface area contributed by atoms with Crippen molar-refractivity contribution in [2.45, 2.75) is 31.1 Å². The van der Waals surface area contributed by atoms with Crippen LogP contribution in [0, 0.1) is 0 Å². The molecule has 0 bridgehead atoms. The monoisotopic (exact) mass is 311 g/mol. The van der Waals surface area contributed by atoms with Gasteiger partial charge in [0.05, 0.1) is 7.11 Å². The topological polar surface area (TPSA) is 21.3 Å². The number of ether oxygens (including phenoxy) is 1. The molecule has 20 heavy (non-hydrogen) atoms. The molecule has 0 amide bonds. The van der Waals surface area contributed by atoms with Crippen molar-refractivity contribution in [1.29, 1.82) is 0 Å². The molecule has 1 aliphatic heterocycles. The SMILES string of the molecule is CCCNC(Cc1ccccc1OC)C1CSCCS1. The van der Waals surface area contributed by atoms with Gasteiger partial charge in [-0.25, -0.2) is 0 Å². The van der Waals surface area contributed by atoms with Gasteiger partial charge in [-0.05, 0) is 31.0 Å². The molecule has 4 heteroatoms. The first-order chi connectivity index (χ1) is 9.85. The molecule has 0 spiro atoms. The average Bonchev–Trinajstić information content (AvgIpc) is 2.52. The number of rotatable bonds is 7. The predicted molar refractivity (Wildman–Crippen MR) is 92.4 cm³/mol. The summed E-state index contributed by atoms with van der Waals surface area (Å²) in [6, 6.07) is 8.96. The summed E-state index contributed by atoms with van der Waals surface area (Å²) in [7, 11) is 1.76. The van der Waals surface area contributed by atoms with Crippen LogP contribution >= 0.6 is 23.5 Å². The van der Waals surface area contributed by atoms with E-state index in [1.807, 2.05) is 6.07 Å². The van der Waals surface area contributed by atoms with Crippen LogP contribution in [0.25, 0.3) is 0 Å². The molecule has 1 saturated heterocycles. The molecular formula is C16H25NOS2. The van der Waals surface area contributed by atoms with Crippen molar-refractivity contribution in [1.82, 2.24) is 5.32 Å². The highest BCUT2D eigenvalue weighted by Gasteiger charge is 2.25. The van der Waals surface area contributed by atoms with E-state index in [-0.39, 0.29) is 0 Å². The normalized spacial score (nSPS) is 20.6. The van der Waals surface area contributed by atoms with Crippen molar-refractivity contribution in [2.24, 2.45) is 0 Å². The van der Waals surface area contributed by atoms with Crippen LogP contribution in [0.5, 0.6) is 5.75 Å². The zero-order valence-corrected chi connectivity index (χ0v) is 14.1. The van der Waals surface area contributed by atoms with Crippen LogP contribution in [0.1, 0.15) is 18.9 Å². The molecule has 0 aromatic heterocycles. The number of hydrogen-bond donors (Lipinski definition) is 1. The van der Waals surface area contributed by atoms with Crippen LogP contribution in [0.4, 0.5) is 0 Å². The van der Waals surface area contributed by atoms with Gasteiger partial charge in [0.2, 0.25) is 0 Å². The smallest absolute Gasteiger partial charge is 0.122 e. The van der Waals surface area contributed by atoms with E-state index in [0.29, 0.717) is 11.3 Å². The Morgan fingerprint density at radius 2 is 2.20 bits per heavy atom. The van der Waals surface area contributed by atoms with Gasteiger partial charge in [-0.15, -0.1) is 0 Å². The molecule has 1 aromatic carbocycles. The zero-order chi connectivity index (χ0) is 14.2. The van der Waals surface area contributed by atoms with Crippen LogP contribution < -0.4 is 10.1 Å². The lowest BCUT2D eigenvalue weighted by atomic mass is 10.0. The summed E-state index contributed by atoms with van der Waals surface area (Å²) in [5, 5.41) is 4.46. The van der Waals surface area contributed by atoms with Gasteiger partial charge in [-0.1, -0.05) is 25.1 Å². The van der Waals surface area contributed by atoms with E-state index in [1.54, 1.807) is 7.11 Å². The largest absolute Gasteiger partial charge is 0.496 e. The van der Waals surface area contributed by atoms with Crippen LogP contribution in [0.3, 0.4) is 0 Å². The van der Waals surface area contributed by atoms with Crippen LogP contribution in [-0.2, 0) is 6.42 Å². The Morgan fingerprint density at radius 1 is 1.35 bits per heavy atom. The minimum absolute atomic E-state index is 0.545. The molecule has 2 atom stereocenters. The fraction of sp³-hybridized carbons (Fsp3) is 0.625. The van der Waals surface area contributed by atoms with E-state index < -0.39 is 0 Å². The quantitative estimate of drug-likeness (QED) is 0.832. The summed E-state index contributed by atoms with van der Waals surface area (Å²) in [6.45, 7) is 3.33. The number of hydrogen-bond acceptors (Lipinski definition) is 4. The summed E-state index contributed by atoms with van der Waals surface area (Å²) in [4.78, 5) is 0. The third kappa shape index (κ3) is 4.61. The van der Waals surface area contributed by atoms with Crippen molar-refractivity contribution in [3.63, 3.8) is 0 Å². The second-order valence-corrected chi connectivity index (χ2v) is 7.56. The highest BCUT2D eigenvalue weighted by molar-refractivity contribution is 8.06. The maximum Gasteiger partial charge on any atom is 0.122 e. The van der Waals surface area contributed by atoms with Crippen molar-refractivity contribution < 1.29 is 4.74 Å². The maximum atomic E-state index is 5.50. The molecule has 1 fully saturated rings. The molecule has 2 nitrogen and oxygen atoms in total. The lowest BCUT2D eigenvalue weighted by Gasteiger charge is -2.30. The number of benzene rings is 1. The molecule has 1 aliphatic rings. The molecular weight excluding hydrogens is 286 g/mol. The first-order valence-electron chi connectivity index (χ1n) is 7.39. The highest BCUT2D eigenvalue weighted by atomic mass is 32.2. The number of para-hydroxylation sites is 1. The van der Waals surface area contributed by atoms with Crippen molar-refractivity contribution >= 4 is 23.5 Å². The lowest BCUT2D eigenvalue weighted by molar-refractivity contribution is 0.404. The lowest BCUT2D eigenvalue weighted by Crippen LogP contribution is -2.43. The molecule has 0 radical (unpaired) electrons. The Balaban J connectivity index is 2.05. The van der Waals surface area contributed by atoms with E-state index in [2.05, 4.69) is 54.0 Å². The Morgan fingerprint density at radius 3 is 2.90 bits per heavy atom. The molecule has 1 heterocycles. The Hall–Kier alpha value is -0.320. The maximum absolute atomic E-state index is 5.50. The van der Waals surface area contributed by atoms with Crippen molar-refractivity contribution in [2.75, 3.05) is 30.9 Å². The van der Waals surface area contributed by atoms with E-state index in [1.165, 1.54) is 29.2 Å². The predicted octanol–water partition coefficient (Wildman–Crippen LogP) is 3.45. The first-order valence-corrected chi connectivity index (χ1v) is 9.60. The van der Waals surface area contributed by atoms with Crippen molar-refractivity contribution in [3.05, 3.63) is 29.8 Å². The summed E-state index contributed by atoms with van der Waals surface area (Å²) in [6.07, 6.45) is 2.25. The number of nitrogens with one attached hydrogen (secondary N) is 1. The Kier molecular flexibility index (Phi) is 7.11. The fourth-order valence-corrected chi connectivity index (χ4v) is 5.40. The van der Waals surface area contributed by atoms with E-state index in [0.717, 1.165) is 18.7 Å². The second kappa shape index (κ2) is 8.85. The van der Waals surface area contributed by atoms with Gasteiger partial charge in [0.25, 0.3) is 0 Å². The molecule has 1 N–H and O–H groups in total. The number of methoxy groups -OCH3 is 1. The highest BCUT2D eigenvalue weighted by Crippen LogP contribution is 2.29. The average molecular weight is 312 g/mol. The summed E-state index contributed by atoms with van der Waals surface area (Å²) >= 11 is 4.22. The van der Waals surface area contributed by atoms with E-state index in [9.17, 15) is 0 Å². The third-order valence-electron chi connectivity index (χ3n) is 3.58. The molecule has 1 aromatic rings. The van der Waals surface area contributed by atoms with E-state index in [4.69, 9.17) is 4.74 Å². The van der Waals surface area contributed by atoms with Gasteiger partial charge in [-0.3, -0.25) is 0 Å². The standard InChI is InChI=1S/C16H25NOS2/c1-3-8-17-14(16-12-19-9-10-20-16)11-13-6-4-5-7-15(13)18-2/h4-7,14,16-17H,3,8-12H2,1-2H3.